The first kappa shape index (κ1) is 14.8. The zero-order valence-corrected chi connectivity index (χ0v) is 11.3. The lowest BCUT2D eigenvalue weighted by Gasteiger charge is -2.12. The number of nitrogens with zero attached hydrogens (tertiary/aromatic N) is 1. The van der Waals surface area contributed by atoms with E-state index < -0.39 is 6.04 Å². The van der Waals surface area contributed by atoms with Crippen molar-refractivity contribution >= 4 is 29.1 Å². The summed E-state index contributed by atoms with van der Waals surface area (Å²) in [5.41, 5.74) is 0.745. The normalized spacial score (nSPS) is 11.7. The van der Waals surface area contributed by atoms with Crippen LogP contribution in [0.4, 0.5) is 0 Å². The molecule has 0 heterocycles. The Bertz CT molecular complexity index is 471. The summed E-state index contributed by atoms with van der Waals surface area (Å²) in [5, 5.41) is 15.6. The lowest BCUT2D eigenvalue weighted by atomic mass is 10.1. The Morgan fingerprint density at radius 2 is 2.11 bits per heavy atom. The summed E-state index contributed by atoms with van der Waals surface area (Å²) in [6, 6.07) is 6.70. The Kier molecular flexibility index (Phi) is 5.93. The lowest BCUT2D eigenvalue weighted by Crippen LogP contribution is -2.32. The Morgan fingerprint density at radius 3 is 2.67 bits per heavy atom. The van der Waals surface area contributed by atoms with Gasteiger partial charge in [0.2, 0.25) is 5.91 Å². The molecular weight excluding hydrogens is 273 g/mol. The molecule has 0 radical (unpaired) electrons. The molecule has 0 aliphatic rings. The monoisotopic (exact) mass is 285 g/mol. The van der Waals surface area contributed by atoms with Crippen LogP contribution in [0.25, 0.3) is 0 Å². The van der Waals surface area contributed by atoms with Gasteiger partial charge in [0.25, 0.3) is 0 Å². The molecule has 0 saturated carbocycles. The summed E-state index contributed by atoms with van der Waals surface area (Å²) in [7, 11) is 0. The van der Waals surface area contributed by atoms with Crippen molar-refractivity contribution in [3.8, 4) is 6.07 Å². The standard InChI is InChI=1S/C12H13Cl2N3O/c1-8(18)16-4-5-17-12(7-15)9-2-3-10(13)11(14)6-9/h2-3,6,12,17H,4-5H2,1H3,(H,16,18). The van der Waals surface area contributed by atoms with Gasteiger partial charge in [-0.15, -0.1) is 0 Å². The molecule has 18 heavy (non-hydrogen) atoms. The molecule has 0 fully saturated rings. The largest absolute Gasteiger partial charge is 0.355 e. The second-order valence-corrected chi connectivity index (χ2v) is 4.49. The molecule has 0 aliphatic heterocycles. The summed E-state index contributed by atoms with van der Waals surface area (Å²) in [6.45, 7) is 2.41. The van der Waals surface area contributed by atoms with E-state index in [1.54, 1.807) is 18.2 Å². The van der Waals surface area contributed by atoms with E-state index in [-0.39, 0.29) is 5.91 Å². The third-order valence-corrected chi connectivity index (χ3v) is 2.99. The number of halogens is 2. The molecule has 0 aliphatic carbocycles. The van der Waals surface area contributed by atoms with Gasteiger partial charge >= 0.3 is 0 Å². The number of hydrogen-bond donors (Lipinski definition) is 2. The van der Waals surface area contributed by atoms with E-state index in [1.165, 1.54) is 6.92 Å². The van der Waals surface area contributed by atoms with Gasteiger partial charge in [0.05, 0.1) is 16.1 Å². The molecule has 0 saturated heterocycles. The highest BCUT2D eigenvalue weighted by Gasteiger charge is 2.11. The van der Waals surface area contributed by atoms with Crippen molar-refractivity contribution in [1.29, 1.82) is 5.26 Å². The maximum atomic E-state index is 10.7. The number of nitrogens with one attached hydrogen (secondary N) is 2. The van der Waals surface area contributed by atoms with Gasteiger partial charge in [-0.05, 0) is 17.7 Å². The second-order valence-electron chi connectivity index (χ2n) is 3.67. The first-order valence-electron chi connectivity index (χ1n) is 5.37. The van der Waals surface area contributed by atoms with Crippen LogP contribution in [0.1, 0.15) is 18.5 Å². The van der Waals surface area contributed by atoms with Gasteiger partial charge in [0.1, 0.15) is 6.04 Å². The van der Waals surface area contributed by atoms with Crippen molar-refractivity contribution in [2.45, 2.75) is 13.0 Å². The van der Waals surface area contributed by atoms with E-state index in [1.807, 2.05) is 0 Å². The van der Waals surface area contributed by atoms with Gasteiger partial charge in [0.15, 0.2) is 0 Å². The molecule has 1 amide bonds. The molecule has 1 unspecified atom stereocenters. The minimum atomic E-state index is -0.478. The minimum absolute atomic E-state index is 0.0974. The van der Waals surface area contributed by atoms with E-state index in [0.717, 1.165) is 5.56 Å². The average molecular weight is 286 g/mol. The van der Waals surface area contributed by atoms with Crippen LogP contribution in [-0.4, -0.2) is 19.0 Å². The van der Waals surface area contributed by atoms with Crippen LogP contribution in [0.2, 0.25) is 10.0 Å². The molecule has 6 heteroatoms. The molecule has 2 N–H and O–H groups in total. The van der Waals surface area contributed by atoms with Crippen molar-refractivity contribution in [2.75, 3.05) is 13.1 Å². The fraction of sp³-hybridized carbons (Fsp3) is 0.333. The number of amides is 1. The summed E-state index contributed by atoms with van der Waals surface area (Å²) in [6.07, 6.45) is 0. The Labute approximate surface area is 116 Å². The fourth-order valence-electron chi connectivity index (χ4n) is 1.39. The van der Waals surface area contributed by atoms with Gasteiger partial charge < -0.3 is 5.32 Å². The summed E-state index contributed by atoms with van der Waals surface area (Å²) in [5.74, 6) is -0.0974. The molecule has 1 aromatic rings. The minimum Gasteiger partial charge on any atom is -0.355 e. The Morgan fingerprint density at radius 1 is 1.39 bits per heavy atom. The zero-order valence-electron chi connectivity index (χ0n) is 9.84. The number of carbonyl (C=O) groups excluding carboxylic acids is 1. The molecule has 0 aromatic heterocycles. The summed E-state index contributed by atoms with van der Waals surface area (Å²) >= 11 is 11.7. The highest BCUT2D eigenvalue weighted by atomic mass is 35.5. The molecule has 96 valence electrons. The quantitative estimate of drug-likeness (QED) is 0.816. The van der Waals surface area contributed by atoms with Crippen LogP contribution in [0, 0.1) is 11.3 Å². The Hall–Kier alpha value is -1.28. The van der Waals surface area contributed by atoms with E-state index in [9.17, 15) is 4.79 Å². The third kappa shape index (κ3) is 4.53. The van der Waals surface area contributed by atoms with Crippen LogP contribution in [0.3, 0.4) is 0 Å². The number of nitriles is 1. The molecule has 1 aromatic carbocycles. The lowest BCUT2D eigenvalue weighted by molar-refractivity contribution is -0.118. The number of rotatable bonds is 5. The average Bonchev–Trinajstić information content (AvgIpc) is 2.33. The van der Waals surface area contributed by atoms with E-state index in [4.69, 9.17) is 28.5 Å². The summed E-state index contributed by atoms with van der Waals surface area (Å²) < 4.78 is 0. The van der Waals surface area contributed by atoms with E-state index in [0.29, 0.717) is 23.1 Å². The number of benzene rings is 1. The molecule has 4 nitrogen and oxygen atoms in total. The van der Waals surface area contributed by atoms with Crippen molar-refractivity contribution in [3.63, 3.8) is 0 Å². The molecule has 1 rings (SSSR count). The van der Waals surface area contributed by atoms with Crippen molar-refractivity contribution in [2.24, 2.45) is 0 Å². The van der Waals surface area contributed by atoms with Crippen LogP contribution in [0.5, 0.6) is 0 Å². The predicted octanol–water partition coefficient (Wildman–Crippen LogP) is 2.28. The number of hydrogen-bond acceptors (Lipinski definition) is 3. The van der Waals surface area contributed by atoms with Gasteiger partial charge in [-0.3, -0.25) is 10.1 Å². The summed E-state index contributed by atoms with van der Waals surface area (Å²) in [4.78, 5) is 10.7. The zero-order chi connectivity index (χ0) is 13.5. The highest BCUT2D eigenvalue weighted by Crippen LogP contribution is 2.25. The topological polar surface area (TPSA) is 64.9 Å². The first-order valence-corrected chi connectivity index (χ1v) is 6.12. The maximum absolute atomic E-state index is 10.7. The predicted molar refractivity (Wildman–Crippen MR) is 71.5 cm³/mol. The van der Waals surface area contributed by atoms with E-state index >= 15 is 0 Å². The fourth-order valence-corrected chi connectivity index (χ4v) is 1.69. The van der Waals surface area contributed by atoms with Gasteiger partial charge in [-0.2, -0.15) is 5.26 Å². The van der Waals surface area contributed by atoms with Crippen molar-refractivity contribution in [1.82, 2.24) is 10.6 Å². The smallest absolute Gasteiger partial charge is 0.216 e. The molecular formula is C12H13Cl2N3O. The third-order valence-electron chi connectivity index (χ3n) is 2.25. The van der Waals surface area contributed by atoms with Crippen LogP contribution < -0.4 is 10.6 Å². The SMILES string of the molecule is CC(=O)NCCNC(C#N)c1ccc(Cl)c(Cl)c1. The first-order chi connectivity index (χ1) is 8.54. The second kappa shape index (κ2) is 7.22. The van der Waals surface area contributed by atoms with Crippen molar-refractivity contribution < 1.29 is 4.79 Å². The Balaban J connectivity index is 2.58. The van der Waals surface area contributed by atoms with Crippen LogP contribution in [0.15, 0.2) is 18.2 Å². The van der Waals surface area contributed by atoms with Gasteiger partial charge in [-0.1, -0.05) is 29.3 Å². The molecule has 0 spiro atoms. The number of carbonyl (C=O) groups is 1. The van der Waals surface area contributed by atoms with Crippen molar-refractivity contribution in [3.05, 3.63) is 33.8 Å². The van der Waals surface area contributed by atoms with Gasteiger partial charge in [-0.25, -0.2) is 0 Å². The molecule has 0 bridgehead atoms. The van der Waals surface area contributed by atoms with Crippen LogP contribution in [-0.2, 0) is 4.79 Å². The molecule has 1 atom stereocenters. The van der Waals surface area contributed by atoms with E-state index in [2.05, 4.69) is 16.7 Å². The van der Waals surface area contributed by atoms with Crippen LogP contribution >= 0.6 is 23.2 Å². The highest BCUT2D eigenvalue weighted by molar-refractivity contribution is 6.42. The maximum Gasteiger partial charge on any atom is 0.216 e. The van der Waals surface area contributed by atoms with Gasteiger partial charge in [0, 0.05) is 20.0 Å².